The second-order valence-corrected chi connectivity index (χ2v) is 6.74. The maximum absolute atomic E-state index is 13.1. The lowest BCUT2D eigenvalue weighted by molar-refractivity contribution is -0.137. The number of carbonyl (C=O) groups excluding carboxylic acids is 1. The van der Waals surface area contributed by atoms with Gasteiger partial charge >= 0.3 is 6.18 Å². The van der Waals surface area contributed by atoms with Crippen LogP contribution in [0.4, 0.5) is 13.2 Å². The Labute approximate surface area is 177 Å². The van der Waals surface area contributed by atoms with Crippen LogP contribution in [0.1, 0.15) is 36.2 Å². The van der Waals surface area contributed by atoms with E-state index in [0.717, 1.165) is 12.1 Å². The van der Waals surface area contributed by atoms with Crippen LogP contribution in [-0.2, 0) is 6.18 Å². The van der Waals surface area contributed by atoms with Gasteiger partial charge < -0.3 is 10.3 Å². The van der Waals surface area contributed by atoms with Gasteiger partial charge in [-0.15, -0.1) is 0 Å². The average Bonchev–Trinajstić information content (AvgIpc) is 3.20. The number of benzene rings is 2. The van der Waals surface area contributed by atoms with E-state index in [0.29, 0.717) is 28.9 Å². The van der Waals surface area contributed by atoms with Gasteiger partial charge in [-0.05, 0) is 43.2 Å². The van der Waals surface area contributed by atoms with E-state index < -0.39 is 17.6 Å². The molecule has 3 aromatic rings. The van der Waals surface area contributed by atoms with E-state index in [1.807, 2.05) is 6.92 Å². The molecule has 0 saturated heterocycles. The number of hydrogen-bond acceptors (Lipinski definition) is 3. The van der Waals surface area contributed by atoms with Crippen molar-refractivity contribution in [3.63, 3.8) is 0 Å². The number of halogens is 3. The number of aliphatic imine (C=N–C) groups is 1. The largest absolute Gasteiger partial charge is 0.416 e. The van der Waals surface area contributed by atoms with Crippen LogP contribution in [0.25, 0.3) is 22.4 Å². The molecule has 0 spiro atoms. The van der Waals surface area contributed by atoms with E-state index in [2.05, 4.69) is 26.9 Å². The number of alkyl halides is 3. The fraction of sp³-hybridized carbons (Fsp3) is 0.174. The number of hydrogen-bond donors (Lipinski definition) is 2. The van der Waals surface area contributed by atoms with Crippen LogP contribution in [0.3, 0.4) is 0 Å². The normalized spacial score (nSPS) is 12.5. The van der Waals surface area contributed by atoms with E-state index in [-0.39, 0.29) is 17.0 Å². The second-order valence-electron chi connectivity index (χ2n) is 6.74. The molecule has 31 heavy (non-hydrogen) atoms. The molecule has 1 heterocycles. The van der Waals surface area contributed by atoms with Crippen molar-refractivity contribution in [2.24, 2.45) is 4.99 Å². The van der Waals surface area contributed by atoms with E-state index in [4.69, 9.17) is 0 Å². The summed E-state index contributed by atoms with van der Waals surface area (Å²) in [7, 11) is 0. The Morgan fingerprint density at radius 2 is 2.00 bits per heavy atom. The molecule has 0 fully saturated rings. The summed E-state index contributed by atoms with van der Waals surface area (Å²) in [6.07, 6.45) is -0.581. The van der Waals surface area contributed by atoms with Gasteiger partial charge in [0.15, 0.2) is 0 Å². The Kier molecular flexibility index (Phi) is 6.39. The molecule has 0 aliphatic heterocycles. The van der Waals surface area contributed by atoms with Crippen molar-refractivity contribution < 1.29 is 18.0 Å². The van der Waals surface area contributed by atoms with Crippen LogP contribution in [0, 0.1) is 0 Å². The van der Waals surface area contributed by atoms with Crippen LogP contribution in [0.5, 0.6) is 0 Å². The summed E-state index contributed by atoms with van der Waals surface area (Å²) < 4.78 is 39.2. The molecule has 8 heteroatoms. The van der Waals surface area contributed by atoms with E-state index >= 15 is 0 Å². The van der Waals surface area contributed by atoms with E-state index in [9.17, 15) is 18.0 Å². The summed E-state index contributed by atoms with van der Waals surface area (Å²) in [5, 5.41) is 2.75. The van der Waals surface area contributed by atoms with Gasteiger partial charge in [0, 0.05) is 11.8 Å². The van der Waals surface area contributed by atoms with Gasteiger partial charge in [0.2, 0.25) is 0 Å². The number of nitrogens with one attached hydrogen (secondary N) is 2. The number of amides is 1. The van der Waals surface area contributed by atoms with Crippen molar-refractivity contribution in [3.8, 4) is 11.4 Å². The van der Waals surface area contributed by atoms with Gasteiger partial charge in [0.25, 0.3) is 5.91 Å². The topological polar surface area (TPSA) is 70.1 Å². The molecular weight excluding hydrogens is 405 g/mol. The molecule has 3 rings (SSSR count). The first kappa shape index (κ1) is 22.0. The molecule has 0 radical (unpaired) electrons. The number of allylic oxidation sites excluding steroid dienone is 1. The highest BCUT2D eigenvalue weighted by Gasteiger charge is 2.30. The highest BCUT2D eigenvalue weighted by molar-refractivity contribution is 6.16. The lowest BCUT2D eigenvalue weighted by Gasteiger charge is -2.09. The molecule has 5 nitrogen and oxygen atoms in total. The summed E-state index contributed by atoms with van der Waals surface area (Å²) in [5.41, 5.74) is 1.30. The molecule has 2 N–H and O–H groups in total. The number of para-hydroxylation sites is 1. The number of aromatic nitrogens is 2. The summed E-state index contributed by atoms with van der Waals surface area (Å²) in [5.74, 6) is 0.143. The minimum atomic E-state index is -4.46. The Balaban J connectivity index is 2.00. The number of H-pyrrole nitrogens is 1. The molecule has 1 aromatic heterocycles. The first-order valence-electron chi connectivity index (χ1n) is 9.59. The first-order valence-corrected chi connectivity index (χ1v) is 9.59. The minimum absolute atomic E-state index is 0.238. The third-order valence-corrected chi connectivity index (χ3v) is 4.57. The zero-order valence-corrected chi connectivity index (χ0v) is 17.0. The molecule has 0 atom stereocenters. The number of imidazole rings is 1. The first-order chi connectivity index (χ1) is 14.7. The van der Waals surface area contributed by atoms with E-state index in [1.165, 1.54) is 12.1 Å². The molecule has 0 aliphatic rings. The molecule has 1 amide bonds. The summed E-state index contributed by atoms with van der Waals surface area (Å²) in [4.78, 5) is 24.5. The SMILES string of the molecule is C=C(CC)C(=NC=CC)NC(=O)c1cccc2[nH]c(-c3cccc(C(F)(F)F)c3)nc12. The molecule has 0 unspecified atom stereocenters. The average molecular weight is 426 g/mol. The number of rotatable bonds is 5. The molecule has 2 aromatic carbocycles. The van der Waals surface area contributed by atoms with Crippen molar-refractivity contribution in [1.82, 2.24) is 15.3 Å². The van der Waals surface area contributed by atoms with Crippen molar-refractivity contribution in [2.75, 3.05) is 0 Å². The minimum Gasteiger partial charge on any atom is -0.338 e. The number of fused-ring (bicyclic) bond motifs is 1. The van der Waals surface area contributed by atoms with Gasteiger partial charge in [-0.2, -0.15) is 13.2 Å². The Morgan fingerprint density at radius 3 is 2.68 bits per heavy atom. The van der Waals surface area contributed by atoms with Crippen LogP contribution < -0.4 is 5.32 Å². The lowest BCUT2D eigenvalue weighted by atomic mass is 10.1. The quantitative estimate of drug-likeness (QED) is 0.395. The maximum atomic E-state index is 13.1. The Morgan fingerprint density at radius 1 is 1.26 bits per heavy atom. The molecule has 0 aliphatic carbocycles. The third kappa shape index (κ3) is 4.91. The Bertz CT molecular complexity index is 1190. The van der Waals surface area contributed by atoms with Crippen LogP contribution in [0.15, 0.2) is 71.9 Å². The van der Waals surface area contributed by atoms with Gasteiger partial charge in [-0.1, -0.05) is 37.8 Å². The van der Waals surface area contributed by atoms with Crippen molar-refractivity contribution >= 4 is 22.8 Å². The van der Waals surface area contributed by atoms with Crippen molar-refractivity contribution in [1.29, 1.82) is 0 Å². The van der Waals surface area contributed by atoms with Gasteiger partial charge in [-0.25, -0.2) is 9.98 Å². The fourth-order valence-electron chi connectivity index (χ4n) is 2.90. The predicted octanol–water partition coefficient (Wildman–Crippen LogP) is 5.88. The van der Waals surface area contributed by atoms with Crippen molar-refractivity contribution in [3.05, 3.63) is 78.0 Å². The third-order valence-electron chi connectivity index (χ3n) is 4.57. The summed E-state index contributed by atoms with van der Waals surface area (Å²) >= 11 is 0. The molecule has 0 bridgehead atoms. The lowest BCUT2D eigenvalue weighted by Crippen LogP contribution is -2.31. The van der Waals surface area contributed by atoms with Crippen LogP contribution >= 0.6 is 0 Å². The highest BCUT2D eigenvalue weighted by atomic mass is 19.4. The monoisotopic (exact) mass is 426 g/mol. The molecule has 160 valence electrons. The van der Waals surface area contributed by atoms with E-state index in [1.54, 1.807) is 37.4 Å². The number of nitrogens with zero attached hydrogens (tertiary/aromatic N) is 2. The predicted molar refractivity (Wildman–Crippen MR) is 116 cm³/mol. The maximum Gasteiger partial charge on any atom is 0.416 e. The second kappa shape index (κ2) is 8.99. The van der Waals surface area contributed by atoms with Crippen molar-refractivity contribution in [2.45, 2.75) is 26.4 Å². The fourth-order valence-corrected chi connectivity index (χ4v) is 2.90. The summed E-state index contributed by atoms with van der Waals surface area (Å²) in [6.45, 7) is 7.62. The zero-order chi connectivity index (χ0) is 22.6. The molecule has 0 saturated carbocycles. The van der Waals surface area contributed by atoms with Crippen LogP contribution in [-0.4, -0.2) is 21.7 Å². The summed E-state index contributed by atoms with van der Waals surface area (Å²) in [6, 6.07) is 9.83. The number of amidine groups is 1. The van der Waals surface area contributed by atoms with Gasteiger partial charge in [-0.3, -0.25) is 4.79 Å². The van der Waals surface area contributed by atoms with Gasteiger partial charge in [0.1, 0.15) is 17.2 Å². The smallest absolute Gasteiger partial charge is 0.338 e. The number of carbonyl (C=O) groups is 1. The standard InChI is InChI=1S/C23H21F3N4O/c1-4-12-27-20(14(3)5-2)30-22(31)17-10-7-11-18-19(17)29-21(28-18)15-8-6-9-16(13-15)23(24,25)26/h4,6-13H,3,5H2,1-2H3,(H,28,29)(H,27,30,31). The van der Waals surface area contributed by atoms with Crippen LogP contribution in [0.2, 0.25) is 0 Å². The van der Waals surface area contributed by atoms with Gasteiger partial charge in [0.05, 0.1) is 16.6 Å². The number of aromatic amines is 1. The Hall–Kier alpha value is -3.68. The molecular formula is C23H21F3N4O. The highest BCUT2D eigenvalue weighted by Crippen LogP contribution is 2.32. The zero-order valence-electron chi connectivity index (χ0n) is 17.0.